The molecule has 2 atom stereocenters. The number of anilines is 1. The molecule has 0 aliphatic carbocycles. The maximum absolute atomic E-state index is 12.3. The van der Waals surface area contributed by atoms with Gasteiger partial charge in [0.1, 0.15) is 11.5 Å². The van der Waals surface area contributed by atoms with Crippen molar-refractivity contribution in [2.24, 2.45) is 0 Å². The molecule has 10 nitrogen and oxygen atoms in total. The largest absolute Gasteiger partial charge is 0.494 e. The van der Waals surface area contributed by atoms with Crippen LogP contribution in [0.2, 0.25) is 0 Å². The molecule has 1 N–H and O–H groups in total. The van der Waals surface area contributed by atoms with Crippen LogP contribution in [0.3, 0.4) is 0 Å². The first kappa shape index (κ1) is 22.2. The van der Waals surface area contributed by atoms with E-state index in [1.165, 1.54) is 39.2 Å². The number of esters is 1. The number of carbonyl (C=O) groups excluding carboxylic acids is 2. The highest BCUT2D eigenvalue weighted by Gasteiger charge is 2.24. The van der Waals surface area contributed by atoms with E-state index in [-0.39, 0.29) is 17.1 Å². The molecular formula is C20H19N3O7. The molecule has 0 radical (unpaired) electrons. The average Bonchev–Trinajstić information content (AvgIpc) is 2.74. The van der Waals surface area contributed by atoms with Gasteiger partial charge in [0.05, 0.1) is 35.4 Å². The van der Waals surface area contributed by atoms with Crippen molar-refractivity contribution in [3.05, 3.63) is 58.1 Å². The van der Waals surface area contributed by atoms with Gasteiger partial charge >= 0.3 is 5.97 Å². The third kappa shape index (κ3) is 5.68. The van der Waals surface area contributed by atoms with Gasteiger partial charge in [-0.25, -0.2) is 4.79 Å². The van der Waals surface area contributed by atoms with Crippen molar-refractivity contribution in [1.29, 1.82) is 5.26 Å². The molecule has 0 aliphatic heterocycles. The predicted molar refractivity (Wildman–Crippen MR) is 105 cm³/mol. The molecular weight excluding hydrogens is 394 g/mol. The van der Waals surface area contributed by atoms with Gasteiger partial charge in [-0.15, -0.1) is 0 Å². The quantitative estimate of drug-likeness (QED) is 0.396. The lowest BCUT2D eigenvalue weighted by atomic mass is 10.2. The van der Waals surface area contributed by atoms with Crippen LogP contribution in [0.1, 0.15) is 19.4 Å². The number of nitrogens with zero attached hydrogens (tertiary/aromatic N) is 2. The Morgan fingerprint density at radius 2 is 1.80 bits per heavy atom. The molecule has 1 amide bonds. The number of carbonyl (C=O) groups is 2. The summed E-state index contributed by atoms with van der Waals surface area (Å²) in [5.41, 5.74) is 0.445. The van der Waals surface area contributed by atoms with E-state index in [9.17, 15) is 19.7 Å². The molecule has 0 saturated heterocycles. The van der Waals surface area contributed by atoms with Crippen molar-refractivity contribution in [1.82, 2.24) is 0 Å². The molecule has 2 aromatic rings. The summed E-state index contributed by atoms with van der Waals surface area (Å²) < 4.78 is 15.6. The van der Waals surface area contributed by atoms with E-state index in [1.54, 1.807) is 24.3 Å². The number of nitrogens with one attached hydrogen (secondary N) is 1. The van der Waals surface area contributed by atoms with Crippen molar-refractivity contribution in [3.8, 4) is 17.6 Å². The fraction of sp³-hybridized carbons (Fsp3) is 0.250. The number of benzene rings is 2. The van der Waals surface area contributed by atoms with Gasteiger partial charge in [-0.3, -0.25) is 14.9 Å². The minimum absolute atomic E-state index is 0.0913. The second kappa shape index (κ2) is 9.88. The monoisotopic (exact) mass is 413 g/mol. The van der Waals surface area contributed by atoms with Crippen LogP contribution in [0.4, 0.5) is 11.4 Å². The summed E-state index contributed by atoms with van der Waals surface area (Å²) in [5, 5.41) is 22.1. The lowest BCUT2D eigenvalue weighted by molar-refractivity contribution is -0.384. The summed E-state index contributed by atoms with van der Waals surface area (Å²) >= 11 is 0. The Morgan fingerprint density at radius 3 is 2.37 bits per heavy atom. The maximum Gasteiger partial charge on any atom is 0.347 e. The van der Waals surface area contributed by atoms with Crippen LogP contribution in [0, 0.1) is 21.4 Å². The second-order valence-corrected chi connectivity index (χ2v) is 6.11. The number of amides is 1. The Hall–Kier alpha value is -4.13. The third-order valence-electron chi connectivity index (χ3n) is 3.94. The maximum atomic E-state index is 12.3. The Morgan fingerprint density at radius 1 is 1.13 bits per heavy atom. The first-order chi connectivity index (χ1) is 14.2. The molecule has 0 saturated carbocycles. The van der Waals surface area contributed by atoms with Gasteiger partial charge in [0, 0.05) is 6.07 Å². The minimum atomic E-state index is -1.16. The van der Waals surface area contributed by atoms with Crippen LogP contribution in [0.15, 0.2) is 42.5 Å². The molecule has 2 aromatic carbocycles. The van der Waals surface area contributed by atoms with E-state index in [4.69, 9.17) is 19.5 Å². The molecule has 0 bridgehead atoms. The van der Waals surface area contributed by atoms with Gasteiger partial charge in [0.15, 0.2) is 12.2 Å². The van der Waals surface area contributed by atoms with E-state index < -0.39 is 29.0 Å². The van der Waals surface area contributed by atoms with Crippen LogP contribution < -0.4 is 14.8 Å². The molecule has 30 heavy (non-hydrogen) atoms. The zero-order chi connectivity index (χ0) is 22.3. The number of nitro benzene ring substituents is 1. The first-order valence-electron chi connectivity index (χ1n) is 8.75. The summed E-state index contributed by atoms with van der Waals surface area (Å²) in [7, 11) is 1.31. The zero-order valence-electron chi connectivity index (χ0n) is 16.4. The third-order valence-corrected chi connectivity index (χ3v) is 3.94. The number of hydrogen-bond donors (Lipinski definition) is 1. The Labute approximate surface area is 172 Å². The van der Waals surface area contributed by atoms with Crippen LogP contribution in [-0.4, -0.2) is 36.1 Å². The van der Waals surface area contributed by atoms with E-state index in [1.807, 2.05) is 6.07 Å². The predicted octanol–water partition coefficient (Wildman–Crippen LogP) is 2.81. The minimum Gasteiger partial charge on any atom is -0.494 e. The number of hydrogen-bond acceptors (Lipinski definition) is 8. The van der Waals surface area contributed by atoms with Gasteiger partial charge in [0.25, 0.3) is 11.6 Å². The first-order valence-corrected chi connectivity index (χ1v) is 8.75. The Bertz CT molecular complexity index is 983. The van der Waals surface area contributed by atoms with E-state index >= 15 is 0 Å². The number of methoxy groups -OCH3 is 1. The molecule has 0 aliphatic rings. The number of non-ortho nitro benzene ring substituents is 1. The number of nitro groups is 1. The molecule has 2 rings (SSSR count). The Kier molecular flexibility index (Phi) is 7.30. The number of nitriles is 1. The van der Waals surface area contributed by atoms with Gasteiger partial charge in [-0.2, -0.15) is 5.26 Å². The highest BCUT2D eigenvalue weighted by Crippen LogP contribution is 2.29. The van der Waals surface area contributed by atoms with Crippen molar-refractivity contribution < 1.29 is 28.7 Å². The smallest absolute Gasteiger partial charge is 0.347 e. The van der Waals surface area contributed by atoms with Crippen LogP contribution in [0.5, 0.6) is 11.5 Å². The molecule has 10 heteroatoms. The van der Waals surface area contributed by atoms with Crippen molar-refractivity contribution in [2.75, 3.05) is 12.4 Å². The normalized spacial score (nSPS) is 12.1. The molecule has 0 heterocycles. The summed E-state index contributed by atoms with van der Waals surface area (Å²) in [6, 6.07) is 11.8. The van der Waals surface area contributed by atoms with Gasteiger partial charge in [-0.1, -0.05) is 0 Å². The highest BCUT2D eigenvalue weighted by molar-refractivity contribution is 5.96. The van der Waals surface area contributed by atoms with E-state index in [2.05, 4.69) is 5.32 Å². The molecule has 156 valence electrons. The number of rotatable bonds is 8. The van der Waals surface area contributed by atoms with Crippen molar-refractivity contribution in [3.63, 3.8) is 0 Å². The average molecular weight is 413 g/mol. The molecule has 0 aromatic heterocycles. The second-order valence-electron chi connectivity index (χ2n) is 6.11. The van der Waals surface area contributed by atoms with Gasteiger partial charge in [0.2, 0.25) is 0 Å². The number of ether oxygens (including phenoxy) is 3. The zero-order valence-corrected chi connectivity index (χ0v) is 16.4. The molecule has 0 fully saturated rings. The highest BCUT2D eigenvalue weighted by atomic mass is 16.6. The van der Waals surface area contributed by atoms with E-state index in [0.717, 1.165) is 0 Å². The summed E-state index contributed by atoms with van der Waals surface area (Å²) in [4.78, 5) is 34.8. The molecule has 0 spiro atoms. The van der Waals surface area contributed by atoms with Crippen LogP contribution >= 0.6 is 0 Å². The summed E-state index contributed by atoms with van der Waals surface area (Å²) in [6.45, 7) is 2.84. The van der Waals surface area contributed by atoms with Crippen molar-refractivity contribution >= 4 is 23.3 Å². The molecule has 0 unspecified atom stereocenters. The lowest BCUT2D eigenvalue weighted by Crippen LogP contribution is -2.35. The summed E-state index contributed by atoms with van der Waals surface area (Å²) in [5.74, 6) is -0.960. The standard InChI is InChI=1S/C20H19N3O7/c1-12(19(24)22-17-9-6-15(23(26)27)10-18(17)28-3)30-20(25)13(2)29-16-7-4-14(11-21)5-8-16/h4-10,12-13H,1-3H3,(H,22,24)/t12-,13+/m1/s1. The topological polar surface area (TPSA) is 141 Å². The Balaban J connectivity index is 1.96. The SMILES string of the molecule is COc1cc([N+](=O)[O-])ccc1NC(=O)[C@@H](C)OC(=O)[C@H](C)Oc1ccc(C#N)cc1. The fourth-order valence-corrected chi connectivity index (χ4v) is 2.31. The van der Waals surface area contributed by atoms with E-state index in [0.29, 0.717) is 11.3 Å². The summed E-state index contributed by atoms with van der Waals surface area (Å²) in [6.07, 6.45) is -2.16. The van der Waals surface area contributed by atoms with Crippen LogP contribution in [-0.2, 0) is 14.3 Å². The van der Waals surface area contributed by atoms with Crippen molar-refractivity contribution in [2.45, 2.75) is 26.1 Å². The van der Waals surface area contributed by atoms with Gasteiger partial charge in [-0.05, 0) is 44.2 Å². The fourth-order valence-electron chi connectivity index (χ4n) is 2.31. The van der Waals surface area contributed by atoms with Gasteiger partial charge < -0.3 is 19.5 Å². The lowest BCUT2D eigenvalue weighted by Gasteiger charge is -2.18. The van der Waals surface area contributed by atoms with Crippen LogP contribution in [0.25, 0.3) is 0 Å².